The first-order valence-corrected chi connectivity index (χ1v) is 12.8. The van der Waals surface area contributed by atoms with Crippen LogP contribution in [0.25, 0.3) is 10.2 Å². The normalized spacial score (nSPS) is 12.4. The minimum atomic E-state index is -3.45. The summed E-state index contributed by atoms with van der Waals surface area (Å²) in [5.41, 5.74) is 2.33. The zero-order valence-corrected chi connectivity index (χ0v) is 19.8. The van der Waals surface area contributed by atoms with Crippen molar-refractivity contribution in [3.8, 4) is 5.75 Å². The minimum Gasteiger partial charge on any atom is -0.497 e. The Balaban J connectivity index is 1.66. The van der Waals surface area contributed by atoms with Crippen LogP contribution in [0.15, 0.2) is 52.4 Å². The fourth-order valence-corrected chi connectivity index (χ4v) is 5.71. The molecule has 0 atom stereocenters. The van der Waals surface area contributed by atoms with E-state index in [-0.39, 0.29) is 29.4 Å². The van der Waals surface area contributed by atoms with Gasteiger partial charge in [0.25, 0.3) is 0 Å². The number of nitrogens with zero attached hydrogens (tertiary/aromatic N) is 2. The molecule has 0 N–H and O–H groups in total. The van der Waals surface area contributed by atoms with E-state index < -0.39 is 9.84 Å². The van der Waals surface area contributed by atoms with E-state index in [1.165, 1.54) is 36.1 Å². The number of hydrogen-bond acceptors (Lipinski definition) is 5. The summed E-state index contributed by atoms with van der Waals surface area (Å²) in [6, 6.07) is 12.6. The number of rotatable bonds is 9. The highest BCUT2D eigenvalue weighted by Crippen LogP contribution is 2.20. The van der Waals surface area contributed by atoms with Crippen LogP contribution in [0.1, 0.15) is 38.2 Å². The monoisotopic (exact) mass is 460 g/mol. The van der Waals surface area contributed by atoms with Gasteiger partial charge in [0.05, 0.1) is 28.0 Å². The molecule has 0 unspecified atom stereocenters. The Labute approximate surface area is 187 Å². The van der Waals surface area contributed by atoms with Crippen molar-refractivity contribution >= 4 is 37.3 Å². The first kappa shape index (κ1) is 23.2. The Hall–Kier alpha value is -2.45. The van der Waals surface area contributed by atoms with E-state index in [0.29, 0.717) is 10.6 Å². The highest BCUT2D eigenvalue weighted by atomic mass is 32.2. The van der Waals surface area contributed by atoms with Crippen LogP contribution in [0.5, 0.6) is 5.75 Å². The minimum absolute atomic E-state index is 0.0887. The maximum absolute atomic E-state index is 12.5. The predicted molar refractivity (Wildman–Crippen MR) is 124 cm³/mol. The van der Waals surface area contributed by atoms with E-state index in [2.05, 4.69) is 30.1 Å². The Morgan fingerprint density at radius 2 is 1.87 bits per heavy atom. The summed E-state index contributed by atoms with van der Waals surface area (Å²) in [5.74, 6) is 0.194. The number of fused-ring (bicyclic) bond motifs is 1. The number of aryl methyl sites for hydroxylation is 2. The van der Waals surface area contributed by atoms with E-state index in [1.54, 1.807) is 12.1 Å². The van der Waals surface area contributed by atoms with Crippen molar-refractivity contribution in [2.24, 2.45) is 12.0 Å². The average Bonchev–Trinajstić information content (AvgIpc) is 3.06. The summed E-state index contributed by atoms with van der Waals surface area (Å²) in [5, 5.41) is 0. The summed E-state index contributed by atoms with van der Waals surface area (Å²) in [4.78, 5) is 17.5. The molecule has 0 aliphatic rings. The number of amides is 1. The number of methoxy groups -OCH3 is 1. The van der Waals surface area contributed by atoms with Gasteiger partial charge in [0, 0.05) is 13.5 Å². The van der Waals surface area contributed by atoms with Crippen LogP contribution in [0.3, 0.4) is 0 Å². The van der Waals surface area contributed by atoms with Gasteiger partial charge in [0.2, 0.25) is 5.91 Å². The second kappa shape index (κ2) is 10.2. The lowest BCUT2D eigenvalue weighted by molar-refractivity contribution is -0.118. The maximum atomic E-state index is 12.5. The van der Waals surface area contributed by atoms with Crippen LogP contribution in [0.2, 0.25) is 0 Å². The molecule has 0 saturated heterocycles. The SMILES string of the molecule is CCCCc1ccc2c(c1)sc(=NC(=O)CCCS(=O)(=O)c1ccc(OC)cc1)n2C. The molecule has 0 bridgehead atoms. The fraction of sp³-hybridized carbons (Fsp3) is 0.391. The first-order valence-electron chi connectivity index (χ1n) is 10.4. The third kappa shape index (κ3) is 5.83. The molecule has 2 aromatic carbocycles. The van der Waals surface area contributed by atoms with Gasteiger partial charge in [0.15, 0.2) is 14.6 Å². The van der Waals surface area contributed by atoms with Gasteiger partial charge in [-0.25, -0.2) is 8.42 Å². The van der Waals surface area contributed by atoms with Crippen molar-refractivity contribution in [1.82, 2.24) is 4.57 Å². The van der Waals surface area contributed by atoms with Crippen molar-refractivity contribution in [2.45, 2.75) is 43.9 Å². The molecule has 1 amide bonds. The molecule has 0 spiro atoms. The third-order valence-corrected chi connectivity index (χ3v) is 8.05. The number of benzene rings is 2. The molecular weight excluding hydrogens is 432 g/mol. The van der Waals surface area contributed by atoms with E-state index in [4.69, 9.17) is 4.74 Å². The van der Waals surface area contributed by atoms with Gasteiger partial charge in [-0.05, 0) is 61.2 Å². The molecule has 6 nitrogen and oxygen atoms in total. The standard InChI is InChI=1S/C23H28N2O4S2/c1-4-5-7-17-9-14-20-21(16-17)30-23(25(20)2)24-22(26)8-6-15-31(27,28)19-12-10-18(29-3)11-13-19/h9-14,16H,4-8,15H2,1-3H3. The second-order valence-corrected chi connectivity index (χ2v) is 10.6. The van der Waals surface area contributed by atoms with E-state index in [9.17, 15) is 13.2 Å². The Bertz CT molecular complexity index is 1220. The molecule has 0 radical (unpaired) electrons. The summed E-state index contributed by atoms with van der Waals surface area (Å²) >= 11 is 1.48. The molecule has 1 heterocycles. The van der Waals surface area contributed by atoms with Gasteiger partial charge >= 0.3 is 0 Å². The summed E-state index contributed by atoms with van der Waals surface area (Å²) in [6.07, 6.45) is 3.66. The predicted octanol–water partition coefficient (Wildman–Crippen LogP) is 4.27. The Kier molecular flexibility index (Phi) is 7.67. The average molecular weight is 461 g/mol. The number of ether oxygens (including phenoxy) is 1. The zero-order valence-electron chi connectivity index (χ0n) is 18.1. The molecule has 8 heteroatoms. The van der Waals surface area contributed by atoms with Gasteiger partial charge in [-0.2, -0.15) is 4.99 Å². The molecule has 0 fully saturated rings. The van der Waals surface area contributed by atoms with E-state index in [1.807, 2.05) is 11.6 Å². The first-order chi connectivity index (χ1) is 14.8. The number of carbonyl (C=O) groups is 1. The molecule has 31 heavy (non-hydrogen) atoms. The smallest absolute Gasteiger partial charge is 0.248 e. The van der Waals surface area contributed by atoms with Crippen LogP contribution < -0.4 is 9.54 Å². The zero-order chi connectivity index (χ0) is 22.4. The maximum Gasteiger partial charge on any atom is 0.248 e. The van der Waals surface area contributed by atoms with Crippen molar-refractivity contribution in [1.29, 1.82) is 0 Å². The summed E-state index contributed by atoms with van der Waals surface area (Å²) in [7, 11) is -0.0250. The van der Waals surface area contributed by atoms with E-state index in [0.717, 1.165) is 29.5 Å². The lowest BCUT2D eigenvalue weighted by Gasteiger charge is -2.05. The van der Waals surface area contributed by atoms with Crippen LogP contribution in [0, 0.1) is 0 Å². The van der Waals surface area contributed by atoms with Crippen LogP contribution in [-0.4, -0.2) is 31.8 Å². The Morgan fingerprint density at radius 1 is 1.13 bits per heavy atom. The highest BCUT2D eigenvalue weighted by Gasteiger charge is 2.15. The van der Waals surface area contributed by atoms with Crippen LogP contribution in [-0.2, 0) is 28.1 Å². The van der Waals surface area contributed by atoms with Crippen molar-refractivity contribution in [3.63, 3.8) is 0 Å². The van der Waals surface area contributed by atoms with Gasteiger partial charge in [0.1, 0.15) is 5.75 Å². The molecule has 0 aliphatic heterocycles. The van der Waals surface area contributed by atoms with Crippen molar-refractivity contribution < 1.29 is 17.9 Å². The molecule has 1 aromatic heterocycles. The van der Waals surface area contributed by atoms with Crippen molar-refractivity contribution in [3.05, 3.63) is 52.8 Å². The summed E-state index contributed by atoms with van der Waals surface area (Å²) < 4.78 is 33.0. The highest BCUT2D eigenvalue weighted by molar-refractivity contribution is 7.91. The van der Waals surface area contributed by atoms with Crippen LogP contribution >= 0.6 is 11.3 Å². The van der Waals surface area contributed by atoms with E-state index >= 15 is 0 Å². The number of carbonyl (C=O) groups excluding carboxylic acids is 1. The van der Waals surface area contributed by atoms with Crippen LogP contribution in [0.4, 0.5) is 0 Å². The second-order valence-electron chi connectivity index (χ2n) is 7.45. The van der Waals surface area contributed by atoms with Gasteiger partial charge in [-0.3, -0.25) is 4.79 Å². The van der Waals surface area contributed by atoms with Crippen molar-refractivity contribution in [2.75, 3.05) is 12.9 Å². The topological polar surface area (TPSA) is 77.7 Å². The molecule has 166 valence electrons. The molecule has 0 saturated carbocycles. The lowest BCUT2D eigenvalue weighted by atomic mass is 10.1. The quantitative estimate of drug-likeness (QED) is 0.478. The third-order valence-electron chi connectivity index (χ3n) is 5.14. The molecule has 0 aliphatic carbocycles. The molecule has 3 rings (SSSR count). The number of sulfone groups is 1. The van der Waals surface area contributed by atoms with Gasteiger partial charge in [-0.1, -0.05) is 30.7 Å². The number of hydrogen-bond donors (Lipinski definition) is 0. The lowest BCUT2D eigenvalue weighted by Crippen LogP contribution is -2.14. The molecular formula is C23H28N2O4S2. The Morgan fingerprint density at radius 3 is 2.55 bits per heavy atom. The number of aromatic nitrogens is 1. The van der Waals surface area contributed by atoms with Gasteiger partial charge in [-0.15, -0.1) is 0 Å². The summed E-state index contributed by atoms with van der Waals surface area (Å²) in [6.45, 7) is 2.18. The van der Waals surface area contributed by atoms with Gasteiger partial charge < -0.3 is 9.30 Å². The molecule has 3 aromatic rings. The fourth-order valence-electron chi connectivity index (χ4n) is 3.30. The number of unbranched alkanes of at least 4 members (excludes halogenated alkanes) is 1. The number of thiazole rings is 1. The largest absolute Gasteiger partial charge is 0.497 e.